The van der Waals surface area contributed by atoms with Gasteiger partial charge < -0.3 is 14.2 Å². The van der Waals surface area contributed by atoms with Crippen molar-refractivity contribution in [2.45, 2.75) is 258 Å². The molecule has 0 rings (SSSR count). The first kappa shape index (κ1) is 62.8. The van der Waals surface area contributed by atoms with E-state index in [1.165, 1.54) is 116 Å². The Hall–Kier alpha value is -3.18. The molecule has 0 aromatic carbocycles. The Bertz CT molecular complexity index is 1270. The fraction of sp³-hybridized carbons (Fsp3) is 0.705. The summed E-state index contributed by atoms with van der Waals surface area (Å²) in [6, 6.07) is 0. The Morgan fingerprint density at radius 3 is 1.09 bits per heavy atom. The topological polar surface area (TPSA) is 61.8 Å². The monoisotopic (exact) mass is 917 g/mol. The zero-order valence-electron chi connectivity index (χ0n) is 43.4. The summed E-state index contributed by atoms with van der Waals surface area (Å²) < 4.78 is 17.4. The standard InChI is InChI=1S/C61H104O5/c1-4-7-10-13-16-19-22-24-26-28-30-32-34-36-38-41-44-47-50-53-56-64-57-59(66-61(63)55-52-49-46-43-39-21-18-15-12-9-6-3)58-65-60(62)54-51-48-45-42-40-37-35-33-31-29-27-25-23-20-17-14-11-8-5-2/h7-8,10-11,16-17,19-20,24-27,30-33,59H,4-6,9,12-15,18,21-23,28-29,34-58H2,1-3H3/b10-7-,11-8-,19-16-,20-17-,26-24-,27-25-,32-30-,33-31-. The van der Waals surface area contributed by atoms with Crippen LogP contribution < -0.4 is 0 Å². The summed E-state index contributed by atoms with van der Waals surface area (Å²) in [6.07, 6.45) is 75.6. The Kier molecular flexibility index (Phi) is 53.4. The minimum atomic E-state index is -0.551. The Morgan fingerprint density at radius 1 is 0.348 bits per heavy atom. The lowest BCUT2D eigenvalue weighted by Crippen LogP contribution is -2.30. The molecule has 0 aromatic rings. The van der Waals surface area contributed by atoms with Gasteiger partial charge in [-0.15, -0.1) is 0 Å². The molecule has 1 atom stereocenters. The molecule has 66 heavy (non-hydrogen) atoms. The third-order valence-electron chi connectivity index (χ3n) is 11.6. The highest BCUT2D eigenvalue weighted by molar-refractivity contribution is 5.70. The number of unbranched alkanes of at least 4 members (excludes halogenated alkanes) is 23. The smallest absolute Gasteiger partial charge is 0.306 e. The molecule has 0 saturated heterocycles. The van der Waals surface area contributed by atoms with E-state index in [4.69, 9.17) is 14.2 Å². The van der Waals surface area contributed by atoms with Gasteiger partial charge in [0.2, 0.25) is 0 Å². The normalized spacial score (nSPS) is 13.0. The van der Waals surface area contributed by atoms with Crippen molar-refractivity contribution >= 4 is 11.9 Å². The molecular weight excluding hydrogens is 813 g/mol. The molecule has 0 aliphatic heterocycles. The van der Waals surface area contributed by atoms with Crippen LogP contribution in [-0.2, 0) is 23.8 Å². The minimum Gasteiger partial charge on any atom is -0.462 e. The van der Waals surface area contributed by atoms with Crippen LogP contribution in [0, 0.1) is 0 Å². The Balaban J connectivity index is 4.27. The first-order valence-corrected chi connectivity index (χ1v) is 27.8. The van der Waals surface area contributed by atoms with Gasteiger partial charge in [-0.05, 0) is 96.3 Å². The highest BCUT2D eigenvalue weighted by Gasteiger charge is 2.17. The number of esters is 2. The fourth-order valence-corrected chi connectivity index (χ4v) is 7.55. The first-order valence-electron chi connectivity index (χ1n) is 27.8. The molecule has 1 unspecified atom stereocenters. The average molecular weight is 917 g/mol. The second-order valence-corrected chi connectivity index (χ2v) is 18.1. The predicted molar refractivity (Wildman–Crippen MR) is 288 cm³/mol. The van der Waals surface area contributed by atoms with E-state index < -0.39 is 6.10 Å². The molecule has 0 saturated carbocycles. The molecule has 0 amide bonds. The van der Waals surface area contributed by atoms with Crippen LogP contribution in [0.2, 0.25) is 0 Å². The van der Waals surface area contributed by atoms with Gasteiger partial charge in [0.05, 0.1) is 6.61 Å². The molecule has 378 valence electrons. The number of carbonyl (C=O) groups excluding carboxylic acids is 2. The third-order valence-corrected chi connectivity index (χ3v) is 11.6. The molecular formula is C61H104O5. The maximum absolute atomic E-state index is 12.8. The summed E-state index contributed by atoms with van der Waals surface area (Å²) >= 11 is 0. The minimum absolute atomic E-state index is 0.0705. The lowest BCUT2D eigenvalue weighted by Gasteiger charge is -2.18. The average Bonchev–Trinajstić information content (AvgIpc) is 3.32. The van der Waals surface area contributed by atoms with Crippen molar-refractivity contribution in [3.05, 3.63) is 97.2 Å². The zero-order valence-corrected chi connectivity index (χ0v) is 43.4. The molecule has 0 aliphatic rings. The van der Waals surface area contributed by atoms with Gasteiger partial charge in [0, 0.05) is 19.4 Å². The van der Waals surface area contributed by atoms with Gasteiger partial charge >= 0.3 is 11.9 Å². The van der Waals surface area contributed by atoms with Crippen molar-refractivity contribution in [1.82, 2.24) is 0 Å². The van der Waals surface area contributed by atoms with Crippen LogP contribution in [-0.4, -0.2) is 37.9 Å². The molecule has 0 bridgehead atoms. The number of allylic oxidation sites excluding steroid dienone is 16. The number of rotatable bonds is 50. The van der Waals surface area contributed by atoms with E-state index in [0.29, 0.717) is 19.4 Å². The zero-order chi connectivity index (χ0) is 47.7. The number of carbonyl (C=O) groups is 2. The first-order chi connectivity index (χ1) is 32.6. The van der Waals surface area contributed by atoms with Crippen molar-refractivity contribution in [3.63, 3.8) is 0 Å². The van der Waals surface area contributed by atoms with Crippen LogP contribution in [0.1, 0.15) is 252 Å². The summed E-state index contributed by atoms with van der Waals surface area (Å²) in [5.41, 5.74) is 0. The molecule has 0 heterocycles. The van der Waals surface area contributed by atoms with Crippen molar-refractivity contribution in [2.75, 3.05) is 19.8 Å². The maximum Gasteiger partial charge on any atom is 0.306 e. The SMILES string of the molecule is CC/C=C\C/C=C\C/C=C\C/C=C\CCCCCCCCCOCC(COC(=O)CCCCCCCC/C=C\C/C=C\C/C=C\C/C=C\CC)OC(=O)CCCCCCCCCCCCC. The second kappa shape index (κ2) is 56.1. The van der Waals surface area contributed by atoms with Crippen molar-refractivity contribution in [3.8, 4) is 0 Å². The maximum atomic E-state index is 12.8. The lowest BCUT2D eigenvalue weighted by atomic mass is 10.1. The van der Waals surface area contributed by atoms with Gasteiger partial charge in [0.25, 0.3) is 0 Å². The summed E-state index contributed by atoms with van der Waals surface area (Å²) in [7, 11) is 0. The number of ether oxygens (including phenoxy) is 3. The van der Waals surface area contributed by atoms with Gasteiger partial charge in [-0.1, -0.05) is 240 Å². The number of hydrogen-bond acceptors (Lipinski definition) is 5. The van der Waals surface area contributed by atoms with Crippen LogP contribution >= 0.6 is 0 Å². The quantitative estimate of drug-likeness (QED) is 0.0346. The summed E-state index contributed by atoms with van der Waals surface area (Å²) in [5.74, 6) is -0.418. The van der Waals surface area contributed by atoms with E-state index in [0.717, 1.165) is 103 Å². The number of hydrogen-bond donors (Lipinski definition) is 0. The van der Waals surface area contributed by atoms with Crippen LogP contribution in [0.4, 0.5) is 0 Å². The summed E-state index contributed by atoms with van der Waals surface area (Å²) in [5, 5.41) is 0. The summed E-state index contributed by atoms with van der Waals surface area (Å²) in [4.78, 5) is 25.4. The fourth-order valence-electron chi connectivity index (χ4n) is 7.55. The van der Waals surface area contributed by atoms with Gasteiger partial charge in [-0.3, -0.25) is 9.59 Å². The van der Waals surface area contributed by atoms with Gasteiger partial charge in [-0.25, -0.2) is 0 Å². The van der Waals surface area contributed by atoms with Crippen LogP contribution in [0.15, 0.2) is 97.2 Å². The van der Waals surface area contributed by atoms with Crippen LogP contribution in [0.5, 0.6) is 0 Å². The van der Waals surface area contributed by atoms with E-state index in [2.05, 4.69) is 118 Å². The lowest BCUT2D eigenvalue weighted by molar-refractivity contribution is -0.163. The Morgan fingerprint density at radius 2 is 0.682 bits per heavy atom. The molecule has 0 fully saturated rings. The van der Waals surface area contributed by atoms with Gasteiger partial charge in [-0.2, -0.15) is 0 Å². The molecule has 0 N–H and O–H groups in total. The van der Waals surface area contributed by atoms with E-state index in [1.807, 2.05) is 0 Å². The summed E-state index contributed by atoms with van der Waals surface area (Å²) in [6.45, 7) is 7.57. The van der Waals surface area contributed by atoms with Crippen LogP contribution in [0.3, 0.4) is 0 Å². The molecule has 0 aliphatic carbocycles. The molecule has 0 aromatic heterocycles. The van der Waals surface area contributed by atoms with Crippen molar-refractivity contribution in [1.29, 1.82) is 0 Å². The van der Waals surface area contributed by atoms with E-state index in [9.17, 15) is 9.59 Å². The highest BCUT2D eigenvalue weighted by atomic mass is 16.6. The van der Waals surface area contributed by atoms with Crippen molar-refractivity contribution < 1.29 is 23.8 Å². The van der Waals surface area contributed by atoms with E-state index >= 15 is 0 Å². The Labute approximate surface area is 409 Å². The second-order valence-electron chi connectivity index (χ2n) is 18.1. The predicted octanol–water partition coefficient (Wildman–Crippen LogP) is 19.0. The molecule has 5 heteroatoms. The molecule has 0 spiro atoms. The highest BCUT2D eigenvalue weighted by Crippen LogP contribution is 2.14. The van der Waals surface area contributed by atoms with E-state index in [1.54, 1.807) is 0 Å². The molecule has 5 nitrogen and oxygen atoms in total. The van der Waals surface area contributed by atoms with Crippen LogP contribution in [0.25, 0.3) is 0 Å². The molecule has 0 radical (unpaired) electrons. The third kappa shape index (κ3) is 53.4. The van der Waals surface area contributed by atoms with Crippen molar-refractivity contribution in [2.24, 2.45) is 0 Å². The van der Waals surface area contributed by atoms with Gasteiger partial charge in [0.15, 0.2) is 6.10 Å². The largest absolute Gasteiger partial charge is 0.462 e. The van der Waals surface area contributed by atoms with Gasteiger partial charge in [0.1, 0.15) is 6.61 Å². The van der Waals surface area contributed by atoms with E-state index in [-0.39, 0.29) is 25.2 Å².